The van der Waals surface area contributed by atoms with Crippen LogP contribution in [0.2, 0.25) is 0 Å². The lowest BCUT2D eigenvalue weighted by Gasteiger charge is -2.27. The van der Waals surface area contributed by atoms with E-state index in [0.717, 1.165) is 39.2 Å². The minimum absolute atomic E-state index is 0.0770. The van der Waals surface area contributed by atoms with E-state index in [9.17, 15) is 9.59 Å². The van der Waals surface area contributed by atoms with Crippen LogP contribution in [0.4, 0.5) is 11.4 Å². The summed E-state index contributed by atoms with van der Waals surface area (Å²) < 4.78 is 0. The Kier molecular flexibility index (Phi) is 7.44. The number of benzene rings is 3. The fourth-order valence-electron chi connectivity index (χ4n) is 4.01. The van der Waals surface area contributed by atoms with Gasteiger partial charge in [-0.1, -0.05) is 54.6 Å². The van der Waals surface area contributed by atoms with Crippen LogP contribution in [0, 0.1) is 27.7 Å². The zero-order valence-corrected chi connectivity index (χ0v) is 19.4. The summed E-state index contributed by atoms with van der Waals surface area (Å²) in [6.07, 6.45) is 0. The molecule has 2 amide bonds. The first-order valence-corrected chi connectivity index (χ1v) is 10.7. The molecule has 0 spiro atoms. The van der Waals surface area contributed by atoms with Crippen LogP contribution < -0.4 is 10.6 Å². The highest BCUT2D eigenvalue weighted by Gasteiger charge is 2.27. The molecule has 0 heterocycles. The number of para-hydroxylation sites is 1. The second-order valence-corrected chi connectivity index (χ2v) is 8.41. The number of nitrogens with one attached hydrogen (secondary N) is 2. The SMILES string of the molecule is Cc1cc(C)cc(NC(=O)C(c2ccccc2)N(C)CC(=O)Nc2c(C)cccc2C)c1. The van der Waals surface area contributed by atoms with E-state index in [1.165, 1.54) is 0 Å². The zero-order chi connectivity index (χ0) is 23.3. The van der Waals surface area contributed by atoms with Crippen molar-refractivity contribution in [1.82, 2.24) is 4.90 Å². The molecule has 2 N–H and O–H groups in total. The summed E-state index contributed by atoms with van der Waals surface area (Å²) in [5, 5.41) is 6.04. The van der Waals surface area contributed by atoms with Gasteiger partial charge in [0.2, 0.25) is 11.8 Å². The summed E-state index contributed by atoms with van der Waals surface area (Å²) in [7, 11) is 1.79. The third kappa shape index (κ3) is 5.83. The highest BCUT2D eigenvalue weighted by atomic mass is 16.2. The molecular formula is C27H31N3O2. The molecule has 32 heavy (non-hydrogen) atoms. The second-order valence-electron chi connectivity index (χ2n) is 8.41. The molecule has 5 heteroatoms. The van der Waals surface area contributed by atoms with Crippen molar-refractivity contribution in [2.24, 2.45) is 0 Å². The lowest BCUT2D eigenvalue weighted by atomic mass is 10.0. The Balaban J connectivity index is 1.80. The zero-order valence-electron chi connectivity index (χ0n) is 19.4. The van der Waals surface area contributed by atoms with E-state index < -0.39 is 6.04 Å². The summed E-state index contributed by atoms with van der Waals surface area (Å²) >= 11 is 0. The molecule has 3 rings (SSSR count). The Morgan fingerprint density at radius 3 is 2.00 bits per heavy atom. The molecule has 0 bridgehead atoms. The summed E-state index contributed by atoms with van der Waals surface area (Å²) in [6, 6.07) is 20.8. The van der Waals surface area contributed by atoms with E-state index in [1.807, 2.05) is 88.4 Å². The fraction of sp³-hybridized carbons (Fsp3) is 0.259. The summed E-state index contributed by atoms with van der Waals surface area (Å²) in [4.78, 5) is 28.0. The highest BCUT2D eigenvalue weighted by molar-refractivity contribution is 5.97. The first-order valence-electron chi connectivity index (χ1n) is 10.7. The maximum Gasteiger partial charge on any atom is 0.246 e. The number of amides is 2. The Hall–Kier alpha value is -3.44. The van der Waals surface area contributed by atoms with Crippen LogP contribution in [-0.2, 0) is 9.59 Å². The Morgan fingerprint density at radius 2 is 1.41 bits per heavy atom. The number of nitrogens with zero attached hydrogens (tertiary/aromatic N) is 1. The van der Waals surface area contributed by atoms with Crippen molar-refractivity contribution >= 4 is 23.2 Å². The summed E-state index contributed by atoms with van der Waals surface area (Å²) in [5.41, 5.74) is 6.58. The third-order valence-corrected chi connectivity index (χ3v) is 5.43. The lowest BCUT2D eigenvalue weighted by Crippen LogP contribution is -2.39. The monoisotopic (exact) mass is 429 g/mol. The van der Waals surface area contributed by atoms with E-state index in [4.69, 9.17) is 0 Å². The highest BCUT2D eigenvalue weighted by Crippen LogP contribution is 2.24. The smallest absolute Gasteiger partial charge is 0.246 e. The Labute approximate surface area is 190 Å². The van der Waals surface area contributed by atoms with E-state index in [-0.39, 0.29) is 18.4 Å². The number of hydrogen-bond donors (Lipinski definition) is 2. The van der Waals surface area contributed by atoms with Crippen LogP contribution in [0.1, 0.15) is 33.9 Å². The van der Waals surface area contributed by atoms with Gasteiger partial charge in [0.15, 0.2) is 0 Å². The van der Waals surface area contributed by atoms with E-state index in [2.05, 4.69) is 16.7 Å². The molecule has 3 aromatic rings. The number of likely N-dealkylation sites (N-methyl/N-ethyl adjacent to an activating group) is 1. The predicted octanol–water partition coefficient (Wildman–Crippen LogP) is 5.17. The van der Waals surface area contributed by atoms with Crippen LogP contribution in [0.5, 0.6) is 0 Å². The van der Waals surface area contributed by atoms with E-state index in [0.29, 0.717) is 0 Å². The van der Waals surface area contributed by atoms with Gasteiger partial charge >= 0.3 is 0 Å². The van der Waals surface area contributed by atoms with Gasteiger partial charge in [-0.15, -0.1) is 0 Å². The van der Waals surface area contributed by atoms with Crippen molar-refractivity contribution in [3.8, 4) is 0 Å². The van der Waals surface area contributed by atoms with Crippen LogP contribution in [0.15, 0.2) is 66.7 Å². The number of carbonyl (C=O) groups excluding carboxylic acids is 2. The fourth-order valence-corrected chi connectivity index (χ4v) is 4.01. The topological polar surface area (TPSA) is 61.4 Å². The van der Waals surface area contributed by atoms with E-state index >= 15 is 0 Å². The second kappa shape index (κ2) is 10.2. The molecule has 3 aromatic carbocycles. The van der Waals surface area contributed by atoms with Crippen LogP contribution in [-0.4, -0.2) is 30.3 Å². The van der Waals surface area contributed by atoms with Crippen LogP contribution in [0.25, 0.3) is 0 Å². The maximum atomic E-state index is 13.3. The number of carbonyl (C=O) groups is 2. The third-order valence-electron chi connectivity index (χ3n) is 5.43. The van der Waals surface area contributed by atoms with Crippen molar-refractivity contribution in [2.45, 2.75) is 33.7 Å². The maximum absolute atomic E-state index is 13.3. The molecule has 166 valence electrons. The minimum atomic E-state index is -0.610. The molecule has 0 saturated heterocycles. The molecule has 5 nitrogen and oxygen atoms in total. The minimum Gasteiger partial charge on any atom is -0.324 e. The predicted molar refractivity (Wildman–Crippen MR) is 131 cm³/mol. The van der Waals surface area contributed by atoms with Crippen LogP contribution in [0.3, 0.4) is 0 Å². The Morgan fingerprint density at radius 1 is 0.812 bits per heavy atom. The Bertz CT molecular complexity index is 1070. The average molecular weight is 430 g/mol. The van der Waals surface area contributed by atoms with E-state index in [1.54, 1.807) is 11.9 Å². The van der Waals surface area contributed by atoms with Gasteiger partial charge in [-0.05, 0) is 74.7 Å². The van der Waals surface area contributed by atoms with Gasteiger partial charge in [0.05, 0.1) is 6.54 Å². The van der Waals surface area contributed by atoms with Gasteiger partial charge in [-0.25, -0.2) is 0 Å². The number of aryl methyl sites for hydroxylation is 4. The standard InChI is InChI=1S/C27H31N3O2/c1-18-14-19(2)16-23(15-18)28-27(32)26(22-12-7-6-8-13-22)30(5)17-24(31)29-25-20(3)10-9-11-21(25)4/h6-16,26H,17H2,1-5H3,(H,28,32)(H,29,31). The molecule has 0 fully saturated rings. The van der Waals surface area contributed by atoms with Crippen molar-refractivity contribution in [3.63, 3.8) is 0 Å². The van der Waals surface area contributed by atoms with Crippen molar-refractivity contribution in [1.29, 1.82) is 0 Å². The summed E-state index contributed by atoms with van der Waals surface area (Å²) in [6.45, 7) is 8.02. The molecular weight excluding hydrogens is 398 g/mol. The normalized spacial score (nSPS) is 11.8. The molecule has 1 atom stereocenters. The molecule has 1 unspecified atom stereocenters. The molecule has 0 aliphatic heterocycles. The molecule has 0 radical (unpaired) electrons. The van der Waals surface area contributed by atoms with Crippen molar-refractivity contribution in [2.75, 3.05) is 24.2 Å². The van der Waals surface area contributed by atoms with Gasteiger partial charge in [-0.2, -0.15) is 0 Å². The van der Waals surface area contributed by atoms with Crippen molar-refractivity contribution < 1.29 is 9.59 Å². The largest absolute Gasteiger partial charge is 0.324 e. The molecule has 0 aliphatic carbocycles. The lowest BCUT2D eigenvalue weighted by molar-refractivity contribution is -0.123. The first kappa shape index (κ1) is 23.2. The molecule has 0 aromatic heterocycles. The molecule has 0 aliphatic rings. The van der Waals surface area contributed by atoms with Crippen LogP contribution >= 0.6 is 0 Å². The van der Waals surface area contributed by atoms with Gasteiger partial charge in [0.25, 0.3) is 0 Å². The average Bonchev–Trinajstić information content (AvgIpc) is 2.71. The van der Waals surface area contributed by atoms with Gasteiger partial charge in [0.1, 0.15) is 6.04 Å². The molecule has 0 saturated carbocycles. The van der Waals surface area contributed by atoms with Gasteiger partial charge in [-0.3, -0.25) is 14.5 Å². The quantitative estimate of drug-likeness (QED) is 0.545. The van der Waals surface area contributed by atoms with Crippen molar-refractivity contribution in [3.05, 3.63) is 94.5 Å². The summed E-state index contributed by atoms with van der Waals surface area (Å²) in [5.74, 6) is -0.339. The number of hydrogen-bond acceptors (Lipinski definition) is 3. The number of anilines is 2. The first-order chi connectivity index (χ1) is 15.2. The van der Waals surface area contributed by atoms with Gasteiger partial charge < -0.3 is 10.6 Å². The number of rotatable bonds is 7. The van der Waals surface area contributed by atoms with Gasteiger partial charge in [0, 0.05) is 11.4 Å².